The normalized spacial score (nSPS) is 8.80. The molecule has 3 nitrogen and oxygen atoms in total. The average molecular weight is 214 g/mol. The molecule has 0 spiro atoms. The quantitative estimate of drug-likeness (QED) is 0.525. The molecule has 0 aromatic heterocycles. The lowest BCUT2D eigenvalue weighted by Gasteiger charge is -1.97. The lowest BCUT2D eigenvalue weighted by molar-refractivity contribution is -0.117. The zero-order valence-electron chi connectivity index (χ0n) is 10.7. The second kappa shape index (κ2) is 13.2. The number of amides is 1. The first-order valence-corrected chi connectivity index (χ1v) is 5.74. The predicted octanol–water partition coefficient (Wildman–Crippen LogP) is 2.09. The van der Waals surface area contributed by atoms with Gasteiger partial charge >= 0.3 is 0 Å². The second-order valence-corrected chi connectivity index (χ2v) is 3.39. The Morgan fingerprint density at radius 2 is 1.60 bits per heavy atom. The summed E-state index contributed by atoms with van der Waals surface area (Å²) in [7, 11) is 0. The molecule has 0 aromatic carbocycles. The summed E-state index contributed by atoms with van der Waals surface area (Å²) >= 11 is 0. The van der Waals surface area contributed by atoms with E-state index in [4.69, 9.17) is 0 Å². The van der Waals surface area contributed by atoms with Crippen LogP contribution in [-0.4, -0.2) is 25.5 Å². The van der Waals surface area contributed by atoms with E-state index in [0.717, 1.165) is 0 Å². The largest absolute Gasteiger partial charge is 0.353 e. The van der Waals surface area contributed by atoms with Crippen molar-refractivity contribution in [2.24, 2.45) is 0 Å². The van der Waals surface area contributed by atoms with E-state index in [1.54, 1.807) is 6.92 Å². The van der Waals surface area contributed by atoms with Crippen molar-refractivity contribution in [3.05, 3.63) is 12.2 Å². The van der Waals surface area contributed by atoms with Crippen molar-refractivity contribution in [2.45, 2.75) is 40.5 Å². The van der Waals surface area contributed by atoms with E-state index in [9.17, 15) is 4.79 Å². The summed E-state index contributed by atoms with van der Waals surface area (Å²) in [5.41, 5.74) is 0.562. The summed E-state index contributed by atoms with van der Waals surface area (Å²) in [6.45, 7) is 14.4. The minimum atomic E-state index is -0.0625. The van der Waals surface area contributed by atoms with Crippen LogP contribution in [0.2, 0.25) is 0 Å². The highest BCUT2D eigenvalue weighted by Gasteiger charge is 1.95. The monoisotopic (exact) mass is 214 g/mol. The number of nitrogens with one attached hydrogen (secondary N) is 2. The first-order valence-electron chi connectivity index (χ1n) is 5.74. The van der Waals surface area contributed by atoms with Gasteiger partial charge in [0.2, 0.25) is 5.91 Å². The second-order valence-electron chi connectivity index (χ2n) is 3.39. The molecule has 0 aliphatic rings. The summed E-state index contributed by atoms with van der Waals surface area (Å²) in [6.07, 6.45) is 2.50. The molecule has 0 atom stereocenters. The Labute approximate surface area is 94.3 Å². The Kier molecular flexibility index (Phi) is 14.6. The van der Waals surface area contributed by atoms with Gasteiger partial charge in [0.05, 0.1) is 0 Å². The van der Waals surface area contributed by atoms with E-state index in [-0.39, 0.29) is 5.91 Å². The van der Waals surface area contributed by atoms with E-state index < -0.39 is 0 Å². The Hall–Kier alpha value is -0.830. The van der Waals surface area contributed by atoms with Gasteiger partial charge in [-0.25, -0.2) is 0 Å². The van der Waals surface area contributed by atoms with E-state index in [1.807, 2.05) is 6.92 Å². The van der Waals surface area contributed by atoms with Gasteiger partial charge in [0, 0.05) is 12.1 Å². The highest BCUT2D eigenvalue weighted by atomic mass is 16.1. The molecule has 0 saturated heterocycles. The van der Waals surface area contributed by atoms with Crippen LogP contribution in [0.15, 0.2) is 12.2 Å². The van der Waals surface area contributed by atoms with Crippen LogP contribution >= 0.6 is 0 Å². The van der Waals surface area contributed by atoms with Crippen LogP contribution in [0.5, 0.6) is 0 Å². The number of rotatable bonds is 6. The molecular formula is C12H26N2O. The van der Waals surface area contributed by atoms with Crippen LogP contribution < -0.4 is 10.6 Å². The smallest absolute Gasteiger partial charge is 0.246 e. The van der Waals surface area contributed by atoms with Gasteiger partial charge in [-0.1, -0.05) is 20.4 Å². The van der Waals surface area contributed by atoms with Crippen LogP contribution in [0.25, 0.3) is 0 Å². The van der Waals surface area contributed by atoms with Gasteiger partial charge in [-0.2, -0.15) is 0 Å². The van der Waals surface area contributed by atoms with Gasteiger partial charge in [0.25, 0.3) is 0 Å². The minimum Gasteiger partial charge on any atom is -0.353 e. The molecule has 2 N–H and O–H groups in total. The Morgan fingerprint density at radius 3 is 1.80 bits per heavy atom. The molecule has 0 heterocycles. The summed E-state index contributed by atoms with van der Waals surface area (Å²) < 4.78 is 0. The van der Waals surface area contributed by atoms with Crippen LogP contribution in [0.1, 0.15) is 40.5 Å². The molecule has 0 fully saturated rings. The lowest BCUT2D eigenvalue weighted by atomic mass is 10.3. The fourth-order valence-corrected chi connectivity index (χ4v) is 0.790. The van der Waals surface area contributed by atoms with Crippen molar-refractivity contribution in [3.8, 4) is 0 Å². The van der Waals surface area contributed by atoms with Crippen molar-refractivity contribution in [1.82, 2.24) is 10.6 Å². The molecule has 0 unspecified atom stereocenters. The summed E-state index contributed by atoms with van der Waals surface area (Å²) in [5.74, 6) is -0.0625. The van der Waals surface area contributed by atoms with Gasteiger partial charge in [0.15, 0.2) is 0 Å². The predicted molar refractivity (Wildman–Crippen MR) is 66.9 cm³/mol. The van der Waals surface area contributed by atoms with Crippen molar-refractivity contribution >= 4 is 5.91 Å². The maximum absolute atomic E-state index is 10.5. The van der Waals surface area contributed by atoms with Crippen molar-refractivity contribution in [2.75, 3.05) is 19.6 Å². The first-order chi connectivity index (χ1) is 7.09. The average Bonchev–Trinajstić information content (AvgIpc) is 2.20. The van der Waals surface area contributed by atoms with Gasteiger partial charge in [-0.05, 0) is 39.8 Å². The Balaban J connectivity index is 0. The zero-order chi connectivity index (χ0) is 12.1. The molecule has 0 bridgehead atoms. The summed E-state index contributed by atoms with van der Waals surface area (Å²) in [4.78, 5) is 10.5. The molecule has 90 valence electrons. The first kappa shape index (κ1) is 16.6. The fourth-order valence-electron chi connectivity index (χ4n) is 0.790. The molecular weight excluding hydrogens is 188 g/mol. The topological polar surface area (TPSA) is 41.1 Å². The standard InChI is InChI=1S/C6H11NO.C6H15N/c1-4-7-6(8)5(2)3;1-3-5-7-6-4-2/h2,4H2,1,3H3,(H,7,8);7H,3-6H2,1-2H3. The highest BCUT2D eigenvalue weighted by Crippen LogP contribution is 1.82. The van der Waals surface area contributed by atoms with Crippen molar-refractivity contribution in [3.63, 3.8) is 0 Å². The van der Waals surface area contributed by atoms with Gasteiger partial charge < -0.3 is 10.6 Å². The number of likely N-dealkylation sites (N-methyl/N-ethyl adjacent to an activating group) is 1. The molecule has 0 aromatic rings. The molecule has 15 heavy (non-hydrogen) atoms. The molecule has 3 heteroatoms. The zero-order valence-corrected chi connectivity index (χ0v) is 10.7. The molecule has 0 aliphatic carbocycles. The van der Waals surface area contributed by atoms with Gasteiger partial charge in [-0.15, -0.1) is 0 Å². The molecule has 0 rings (SSSR count). The van der Waals surface area contributed by atoms with Crippen LogP contribution in [-0.2, 0) is 4.79 Å². The van der Waals surface area contributed by atoms with E-state index in [0.29, 0.717) is 12.1 Å². The Morgan fingerprint density at radius 1 is 1.13 bits per heavy atom. The van der Waals surface area contributed by atoms with E-state index >= 15 is 0 Å². The molecule has 1 amide bonds. The Bertz CT molecular complexity index is 163. The van der Waals surface area contributed by atoms with Crippen molar-refractivity contribution < 1.29 is 4.79 Å². The third kappa shape index (κ3) is 15.9. The van der Waals surface area contributed by atoms with Crippen LogP contribution in [0.4, 0.5) is 0 Å². The van der Waals surface area contributed by atoms with E-state index in [1.165, 1.54) is 25.9 Å². The van der Waals surface area contributed by atoms with Crippen LogP contribution in [0.3, 0.4) is 0 Å². The van der Waals surface area contributed by atoms with Crippen molar-refractivity contribution in [1.29, 1.82) is 0 Å². The highest BCUT2D eigenvalue weighted by molar-refractivity contribution is 5.91. The van der Waals surface area contributed by atoms with Gasteiger partial charge in [-0.3, -0.25) is 4.79 Å². The maximum Gasteiger partial charge on any atom is 0.246 e. The molecule has 0 saturated carbocycles. The van der Waals surface area contributed by atoms with E-state index in [2.05, 4.69) is 31.1 Å². The summed E-state index contributed by atoms with van der Waals surface area (Å²) in [5, 5.41) is 5.89. The third-order valence-corrected chi connectivity index (χ3v) is 1.58. The number of carbonyl (C=O) groups is 1. The molecule has 0 aliphatic heterocycles. The molecule has 0 radical (unpaired) electrons. The third-order valence-electron chi connectivity index (χ3n) is 1.58. The number of carbonyl (C=O) groups excluding carboxylic acids is 1. The fraction of sp³-hybridized carbons (Fsp3) is 0.750. The van der Waals surface area contributed by atoms with Crippen LogP contribution in [0, 0.1) is 0 Å². The van der Waals surface area contributed by atoms with Gasteiger partial charge in [0.1, 0.15) is 0 Å². The number of hydrogen-bond acceptors (Lipinski definition) is 2. The maximum atomic E-state index is 10.5. The SMILES string of the molecule is C=C(C)C(=O)NCC.CCCNCCC. The number of hydrogen-bond donors (Lipinski definition) is 2. The lowest BCUT2D eigenvalue weighted by Crippen LogP contribution is -2.22. The summed E-state index contributed by atoms with van der Waals surface area (Å²) in [6, 6.07) is 0. The minimum absolute atomic E-state index is 0.0625.